The monoisotopic (exact) mass is 398 g/mol. The minimum Gasteiger partial charge on any atom is -0.361 e. The van der Waals surface area contributed by atoms with Crippen LogP contribution in [-0.4, -0.2) is 25.7 Å². The number of allylic oxidation sites excluding steroid dienone is 1. The van der Waals surface area contributed by atoms with Gasteiger partial charge in [0, 0.05) is 34.0 Å². The van der Waals surface area contributed by atoms with E-state index in [1.165, 1.54) is 6.33 Å². The molecular weight excluding hydrogens is 376 g/mol. The summed E-state index contributed by atoms with van der Waals surface area (Å²) in [7, 11) is 0. The summed E-state index contributed by atoms with van der Waals surface area (Å²) in [6.07, 6.45) is 3.45. The van der Waals surface area contributed by atoms with Crippen LogP contribution in [0.1, 0.15) is 29.7 Å². The van der Waals surface area contributed by atoms with Crippen molar-refractivity contribution >= 4 is 28.4 Å². The number of aromatic nitrogens is 4. The second-order valence-corrected chi connectivity index (χ2v) is 7.59. The number of nitrogens with zero attached hydrogens (tertiary/aromatic N) is 3. The van der Waals surface area contributed by atoms with Gasteiger partial charge in [0.05, 0.1) is 5.57 Å². The molecule has 0 radical (unpaired) electrons. The zero-order valence-electron chi connectivity index (χ0n) is 17.0. The number of hydrogen-bond acceptors (Lipinski definition) is 4. The average Bonchev–Trinajstić information content (AvgIpc) is 3.37. The third-order valence-electron chi connectivity index (χ3n) is 5.81. The second kappa shape index (κ2) is 6.88. The van der Waals surface area contributed by atoms with Gasteiger partial charge in [-0.3, -0.25) is 4.79 Å². The van der Waals surface area contributed by atoms with Crippen LogP contribution in [0.5, 0.6) is 0 Å². The Balaban J connectivity index is 1.63. The zero-order valence-corrected chi connectivity index (χ0v) is 17.0. The molecule has 7 nitrogen and oxygen atoms in total. The highest BCUT2D eigenvalue weighted by atomic mass is 16.1. The Morgan fingerprint density at radius 2 is 1.93 bits per heavy atom. The van der Waals surface area contributed by atoms with E-state index in [0.29, 0.717) is 11.5 Å². The van der Waals surface area contributed by atoms with E-state index in [0.717, 1.165) is 39.0 Å². The Morgan fingerprint density at radius 1 is 1.10 bits per heavy atom. The summed E-state index contributed by atoms with van der Waals surface area (Å²) in [6.45, 7) is 5.95. The lowest BCUT2D eigenvalue weighted by Crippen LogP contribution is -2.31. The van der Waals surface area contributed by atoms with Gasteiger partial charge in [-0.2, -0.15) is 10.1 Å². The van der Waals surface area contributed by atoms with Gasteiger partial charge in [-0.15, -0.1) is 0 Å². The summed E-state index contributed by atoms with van der Waals surface area (Å²) in [5, 5.41) is 11.8. The number of aryl methyl sites for hydroxylation is 1. The van der Waals surface area contributed by atoms with E-state index < -0.39 is 6.04 Å². The lowest BCUT2D eigenvalue weighted by atomic mass is 9.94. The number of nitrogens with one attached hydrogen (secondary N) is 3. The summed E-state index contributed by atoms with van der Waals surface area (Å²) in [5.41, 5.74) is 6.35. The number of hydrogen-bond donors (Lipinski definition) is 3. The van der Waals surface area contributed by atoms with Crippen molar-refractivity contribution in [3.63, 3.8) is 0 Å². The van der Waals surface area contributed by atoms with Crippen LogP contribution in [0.4, 0.5) is 11.6 Å². The van der Waals surface area contributed by atoms with Crippen LogP contribution in [0, 0.1) is 13.8 Å². The van der Waals surface area contributed by atoms with Crippen molar-refractivity contribution in [2.75, 3.05) is 10.6 Å². The maximum absolute atomic E-state index is 13.5. The molecule has 0 aliphatic carbocycles. The number of amides is 1. The average molecular weight is 398 g/mol. The van der Waals surface area contributed by atoms with Crippen molar-refractivity contribution in [2.45, 2.75) is 26.8 Å². The molecule has 1 aliphatic rings. The number of fused-ring (bicyclic) bond motifs is 2. The lowest BCUT2D eigenvalue weighted by molar-refractivity contribution is -0.113. The molecule has 7 heteroatoms. The van der Waals surface area contributed by atoms with Gasteiger partial charge in [0.25, 0.3) is 5.91 Å². The summed E-state index contributed by atoms with van der Waals surface area (Å²) >= 11 is 0. The summed E-state index contributed by atoms with van der Waals surface area (Å²) in [5.74, 6) is 0.455. The molecule has 3 N–H and O–H groups in total. The number of para-hydroxylation sites is 1. The van der Waals surface area contributed by atoms with Crippen LogP contribution in [0.25, 0.3) is 10.9 Å². The zero-order chi connectivity index (χ0) is 20.8. The summed E-state index contributed by atoms with van der Waals surface area (Å²) < 4.78 is 1.76. The van der Waals surface area contributed by atoms with E-state index in [9.17, 15) is 4.79 Å². The number of benzene rings is 2. The smallest absolute Gasteiger partial charge is 0.255 e. The van der Waals surface area contributed by atoms with Crippen molar-refractivity contribution in [3.8, 4) is 0 Å². The molecule has 0 bridgehead atoms. The Labute approximate surface area is 173 Å². The highest BCUT2D eigenvalue weighted by Crippen LogP contribution is 2.38. The maximum atomic E-state index is 13.5. The first-order valence-electron chi connectivity index (χ1n) is 9.85. The quantitative estimate of drug-likeness (QED) is 0.480. The van der Waals surface area contributed by atoms with E-state index >= 15 is 0 Å². The van der Waals surface area contributed by atoms with E-state index in [-0.39, 0.29) is 5.91 Å². The minimum atomic E-state index is -0.398. The molecule has 0 saturated carbocycles. The van der Waals surface area contributed by atoms with Gasteiger partial charge in [-0.05, 0) is 44.0 Å². The van der Waals surface area contributed by atoms with Crippen molar-refractivity contribution in [1.29, 1.82) is 0 Å². The van der Waals surface area contributed by atoms with Crippen LogP contribution in [0.15, 0.2) is 66.3 Å². The van der Waals surface area contributed by atoms with E-state index in [1.54, 1.807) is 4.68 Å². The number of carbonyl (C=O) groups excluding carboxylic acids is 1. The number of H-pyrrole nitrogens is 1. The molecular formula is C23H22N6O. The molecule has 0 fully saturated rings. The fourth-order valence-electron chi connectivity index (χ4n) is 4.07. The standard InChI is InChI=1S/C23H22N6O/c1-13-7-6-10-18(14(13)2)28-22(30)20-15(3)27-23-25-12-26-29(23)21(20)17-11-24-19-9-5-4-8-16(17)19/h4-12,21,24H,1-3H3,(H,28,30)(H,25,26,27). The Bertz CT molecular complexity index is 1310. The van der Waals surface area contributed by atoms with E-state index in [2.05, 4.69) is 31.8 Å². The van der Waals surface area contributed by atoms with Crippen LogP contribution in [0.3, 0.4) is 0 Å². The maximum Gasteiger partial charge on any atom is 0.255 e. The molecule has 0 spiro atoms. The lowest BCUT2D eigenvalue weighted by Gasteiger charge is -2.28. The van der Waals surface area contributed by atoms with Crippen LogP contribution in [0.2, 0.25) is 0 Å². The van der Waals surface area contributed by atoms with Gasteiger partial charge in [-0.1, -0.05) is 30.3 Å². The van der Waals surface area contributed by atoms with Gasteiger partial charge < -0.3 is 15.6 Å². The topological polar surface area (TPSA) is 87.6 Å². The van der Waals surface area contributed by atoms with Crippen LogP contribution in [-0.2, 0) is 4.79 Å². The summed E-state index contributed by atoms with van der Waals surface area (Å²) in [6, 6.07) is 13.6. The van der Waals surface area contributed by atoms with Gasteiger partial charge in [-0.25, -0.2) is 4.68 Å². The fourth-order valence-corrected chi connectivity index (χ4v) is 4.07. The molecule has 0 saturated heterocycles. The molecule has 5 rings (SSSR count). The van der Waals surface area contributed by atoms with E-state index in [1.807, 2.05) is 63.4 Å². The van der Waals surface area contributed by atoms with Crippen LogP contribution < -0.4 is 10.6 Å². The Hall–Kier alpha value is -3.87. The highest BCUT2D eigenvalue weighted by molar-refractivity contribution is 6.07. The van der Waals surface area contributed by atoms with Gasteiger partial charge >= 0.3 is 0 Å². The minimum absolute atomic E-state index is 0.162. The first-order valence-corrected chi connectivity index (χ1v) is 9.85. The highest BCUT2D eigenvalue weighted by Gasteiger charge is 2.34. The third kappa shape index (κ3) is 2.78. The molecule has 30 heavy (non-hydrogen) atoms. The molecule has 1 aliphatic heterocycles. The van der Waals surface area contributed by atoms with Crippen molar-refractivity contribution < 1.29 is 4.79 Å². The molecule has 4 aromatic rings. The normalized spacial score (nSPS) is 15.8. The number of carbonyl (C=O) groups is 1. The predicted molar refractivity (Wildman–Crippen MR) is 117 cm³/mol. The van der Waals surface area contributed by atoms with E-state index in [4.69, 9.17) is 0 Å². The van der Waals surface area contributed by atoms with Crippen molar-refractivity contribution in [1.82, 2.24) is 19.7 Å². The number of anilines is 2. The molecule has 2 aromatic heterocycles. The first-order chi connectivity index (χ1) is 14.5. The SMILES string of the molecule is CC1=C(C(=O)Nc2cccc(C)c2C)C(c2c[nH]c3ccccc23)n2ncnc2N1. The third-order valence-corrected chi connectivity index (χ3v) is 5.81. The fraction of sp³-hybridized carbons (Fsp3) is 0.174. The van der Waals surface area contributed by atoms with Crippen molar-refractivity contribution in [2.24, 2.45) is 0 Å². The largest absolute Gasteiger partial charge is 0.361 e. The van der Waals surface area contributed by atoms with Gasteiger partial charge in [0.15, 0.2) is 0 Å². The first kappa shape index (κ1) is 18.2. The second-order valence-electron chi connectivity index (χ2n) is 7.59. The molecule has 1 amide bonds. The Kier molecular flexibility index (Phi) is 4.17. The van der Waals surface area contributed by atoms with Crippen LogP contribution >= 0.6 is 0 Å². The number of aromatic amines is 1. The Morgan fingerprint density at radius 3 is 2.80 bits per heavy atom. The number of rotatable bonds is 3. The predicted octanol–water partition coefficient (Wildman–Crippen LogP) is 4.30. The molecule has 1 atom stereocenters. The molecule has 150 valence electrons. The molecule has 2 aromatic carbocycles. The molecule has 1 unspecified atom stereocenters. The van der Waals surface area contributed by atoms with Gasteiger partial charge in [0.2, 0.25) is 5.95 Å². The molecule has 3 heterocycles. The summed E-state index contributed by atoms with van der Waals surface area (Å²) in [4.78, 5) is 21.2. The van der Waals surface area contributed by atoms with Crippen molar-refractivity contribution in [3.05, 3.63) is 82.9 Å². The van der Waals surface area contributed by atoms with Gasteiger partial charge in [0.1, 0.15) is 12.4 Å².